The number of rotatable bonds is 2. The summed E-state index contributed by atoms with van der Waals surface area (Å²) >= 11 is 3.56. The maximum Gasteiger partial charge on any atom is 0.154 e. The van der Waals surface area contributed by atoms with Crippen LogP contribution in [0.25, 0.3) is 22.2 Å². The number of pyridine rings is 2. The van der Waals surface area contributed by atoms with Crippen LogP contribution < -0.4 is 4.90 Å². The monoisotopic (exact) mass is 401 g/mol. The fraction of sp³-hybridized carbons (Fsp3) is 0.389. The molecule has 1 saturated heterocycles. The van der Waals surface area contributed by atoms with E-state index in [1.54, 1.807) is 0 Å². The lowest BCUT2D eigenvalue weighted by molar-refractivity contribution is 0.0986. The third-order valence-corrected chi connectivity index (χ3v) is 5.15. The molecule has 0 saturated carbocycles. The zero-order valence-corrected chi connectivity index (χ0v) is 16.1. The van der Waals surface area contributed by atoms with Crippen molar-refractivity contribution in [2.24, 2.45) is 7.05 Å². The predicted molar refractivity (Wildman–Crippen MR) is 102 cm³/mol. The van der Waals surface area contributed by atoms with E-state index in [1.165, 1.54) is 0 Å². The second kappa shape index (κ2) is 6.38. The first kappa shape index (κ1) is 16.5. The van der Waals surface area contributed by atoms with E-state index in [9.17, 15) is 0 Å². The Balaban J connectivity index is 1.94. The Labute approximate surface area is 155 Å². The first-order chi connectivity index (χ1) is 12.0. The minimum absolute atomic E-state index is 0.290. The Hall–Kier alpha value is -1.99. The summed E-state index contributed by atoms with van der Waals surface area (Å²) in [5.41, 5.74) is 5.03. The van der Waals surface area contributed by atoms with Gasteiger partial charge in [0.25, 0.3) is 0 Å². The van der Waals surface area contributed by atoms with Crippen molar-refractivity contribution in [3.63, 3.8) is 0 Å². The molecule has 0 unspecified atom stereocenters. The third-order valence-electron chi connectivity index (χ3n) is 4.62. The molecule has 1 aliphatic rings. The maximum atomic E-state index is 5.57. The summed E-state index contributed by atoms with van der Waals surface area (Å²) in [4.78, 5) is 11.7. The molecule has 3 aromatic heterocycles. The van der Waals surface area contributed by atoms with Crippen molar-refractivity contribution in [3.8, 4) is 11.1 Å². The van der Waals surface area contributed by atoms with Gasteiger partial charge in [0.15, 0.2) is 4.60 Å². The molecular weight excluding hydrogens is 382 g/mol. The summed E-state index contributed by atoms with van der Waals surface area (Å²) < 4.78 is 8.20. The highest BCUT2D eigenvalue weighted by molar-refractivity contribution is 9.10. The highest BCUT2D eigenvalue weighted by atomic mass is 79.9. The fourth-order valence-corrected chi connectivity index (χ4v) is 3.80. The van der Waals surface area contributed by atoms with Crippen LogP contribution in [0.5, 0.6) is 0 Å². The SMILES string of the molecule is Cc1ccc(-c2cc(N3CCOC[C@H]3C)nc3c(Br)nn(C)c23)cn1. The first-order valence-corrected chi connectivity index (χ1v) is 9.14. The van der Waals surface area contributed by atoms with E-state index in [4.69, 9.17) is 9.72 Å². The topological polar surface area (TPSA) is 56.1 Å². The molecule has 0 spiro atoms. The Morgan fingerprint density at radius 2 is 2.16 bits per heavy atom. The zero-order valence-electron chi connectivity index (χ0n) is 14.5. The number of anilines is 1. The molecule has 0 aromatic carbocycles. The molecule has 1 atom stereocenters. The van der Waals surface area contributed by atoms with Crippen LogP contribution in [-0.4, -0.2) is 45.5 Å². The first-order valence-electron chi connectivity index (χ1n) is 8.35. The van der Waals surface area contributed by atoms with Gasteiger partial charge in [-0.25, -0.2) is 4.98 Å². The molecule has 4 heterocycles. The van der Waals surface area contributed by atoms with Gasteiger partial charge in [-0.2, -0.15) is 5.10 Å². The summed E-state index contributed by atoms with van der Waals surface area (Å²) in [7, 11) is 1.94. The van der Waals surface area contributed by atoms with Crippen molar-refractivity contribution in [2.45, 2.75) is 19.9 Å². The Bertz CT molecular complexity index is 921. The average molecular weight is 402 g/mol. The van der Waals surface area contributed by atoms with Crippen LogP contribution in [0.2, 0.25) is 0 Å². The molecule has 4 rings (SSSR count). The standard InChI is InChI=1S/C18H20BrN5O/c1-11-4-5-13(9-20-11)14-8-15(24-6-7-25-10-12(24)2)21-16-17(14)23(3)22-18(16)19/h4-5,8-9,12H,6-7,10H2,1-3H3/t12-/m1/s1. The van der Waals surface area contributed by atoms with E-state index in [0.717, 1.165) is 58.0 Å². The molecular formula is C18H20BrN5O. The number of morpholine rings is 1. The summed E-state index contributed by atoms with van der Waals surface area (Å²) in [5.74, 6) is 0.951. The smallest absolute Gasteiger partial charge is 0.154 e. The molecule has 25 heavy (non-hydrogen) atoms. The highest BCUT2D eigenvalue weighted by Gasteiger charge is 2.23. The second-order valence-corrected chi connectivity index (χ2v) is 7.20. The highest BCUT2D eigenvalue weighted by Crippen LogP contribution is 2.34. The van der Waals surface area contributed by atoms with Gasteiger partial charge in [0.05, 0.1) is 24.8 Å². The van der Waals surface area contributed by atoms with E-state index in [-0.39, 0.29) is 6.04 Å². The van der Waals surface area contributed by atoms with E-state index >= 15 is 0 Å². The van der Waals surface area contributed by atoms with Crippen molar-refractivity contribution >= 4 is 32.8 Å². The molecule has 3 aromatic rings. The molecule has 0 amide bonds. The normalized spacial score (nSPS) is 18.1. The summed E-state index contributed by atoms with van der Waals surface area (Å²) in [6.45, 7) is 6.43. The minimum Gasteiger partial charge on any atom is -0.377 e. The van der Waals surface area contributed by atoms with Crippen LogP contribution >= 0.6 is 15.9 Å². The average Bonchev–Trinajstić information content (AvgIpc) is 2.90. The summed E-state index contributed by atoms with van der Waals surface area (Å²) in [5, 5.41) is 4.51. The number of ether oxygens (including phenoxy) is 1. The van der Waals surface area contributed by atoms with Gasteiger partial charge in [0.2, 0.25) is 0 Å². The summed E-state index contributed by atoms with van der Waals surface area (Å²) in [6, 6.07) is 6.57. The molecule has 0 N–H and O–H groups in total. The van der Waals surface area contributed by atoms with Gasteiger partial charge in [-0.15, -0.1) is 0 Å². The van der Waals surface area contributed by atoms with Gasteiger partial charge in [-0.05, 0) is 41.9 Å². The molecule has 0 bridgehead atoms. The van der Waals surface area contributed by atoms with E-state index in [1.807, 2.05) is 30.9 Å². The number of hydrogen-bond acceptors (Lipinski definition) is 5. The van der Waals surface area contributed by atoms with E-state index in [0.29, 0.717) is 0 Å². The zero-order chi connectivity index (χ0) is 17.6. The second-order valence-electron chi connectivity index (χ2n) is 6.45. The van der Waals surface area contributed by atoms with Crippen molar-refractivity contribution in [1.82, 2.24) is 19.7 Å². The van der Waals surface area contributed by atoms with Crippen molar-refractivity contribution in [3.05, 3.63) is 34.7 Å². The lowest BCUT2D eigenvalue weighted by Gasteiger charge is -2.34. The molecule has 7 heteroatoms. The van der Waals surface area contributed by atoms with Crippen LogP contribution in [0, 0.1) is 6.92 Å². The predicted octanol–water partition coefficient (Wildman–Crippen LogP) is 3.33. The van der Waals surface area contributed by atoms with Crippen LogP contribution in [0.1, 0.15) is 12.6 Å². The minimum atomic E-state index is 0.290. The Morgan fingerprint density at radius 1 is 1.32 bits per heavy atom. The van der Waals surface area contributed by atoms with Crippen LogP contribution in [0.15, 0.2) is 29.0 Å². The van der Waals surface area contributed by atoms with Gasteiger partial charge in [-0.3, -0.25) is 9.67 Å². The van der Waals surface area contributed by atoms with Gasteiger partial charge in [-0.1, -0.05) is 6.07 Å². The van der Waals surface area contributed by atoms with Crippen molar-refractivity contribution in [2.75, 3.05) is 24.7 Å². The number of nitrogens with zero attached hydrogens (tertiary/aromatic N) is 5. The molecule has 1 aliphatic heterocycles. The fourth-order valence-electron chi connectivity index (χ4n) is 3.29. The molecule has 0 radical (unpaired) electrons. The molecule has 130 valence electrons. The number of hydrogen-bond donors (Lipinski definition) is 0. The molecule has 1 fully saturated rings. The van der Waals surface area contributed by atoms with Gasteiger partial charge >= 0.3 is 0 Å². The van der Waals surface area contributed by atoms with Gasteiger partial charge < -0.3 is 9.64 Å². The largest absolute Gasteiger partial charge is 0.377 e. The van der Waals surface area contributed by atoms with E-state index in [2.05, 4.69) is 50.0 Å². The maximum absolute atomic E-state index is 5.57. The number of fused-ring (bicyclic) bond motifs is 1. The third kappa shape index (κ3) is 2.91. The van der Waals surface area contributed by atoms with Gasteiger partial charge in [0, 0.05) is 36.6 Å². The van der Waals surface area contributed by atoms with Crippen LogP contribution in [0.4, 0.5) is 5.82 Å². The molecule has 0 aliphatic carbocycles. The number of halogens is 1. The number of aromatic nitrogens is 4. The molecule has 6 nitrogen and oxygen atoms in total. The quantitative estimate of drug-likeness (QED) is 0.658. The van der Waals surface area contributed by atoms with Crippen LogP contribution in [0.3, 0.4) is 0 Å². The Kier molecular flexibility index (Phi) is 4.21. The van der Waals surface area contributed by atoms with E-state index < -0.39 is 0 Å². The summed E-state index contributed by atoms with van der Waals surface area (Å²) in [6.07, 6.45) is 1.91. The lowest BCUT2D eigenvalue weighted by atomic mass is 10.1. The number of aryl methyl sites for hydroxylation is 2. The van der Waals surface area contributed by atoms with Crippen LogP contribution in [-0.2, 0) is 11.8 Å². The van der Waals surface area contributed by atoms with Crippen molar-refractivity contribution < 1.29 is 4.74 Å². The Morgan fingerprint density at radius 3 is 2.88 bits per heavy atom. The van der Waals surface area contributed by atoms with Crippen molar-refractivity contribution in [1.29, 1.82) is 0 Å². The lowest BCUT2D eigenvalue weighted by Crippen LogP contribution is -2.44. The van der Waals surface area contributed by atoms with Gasteiger partial charge in [0.1, 0.15) is 11.3 Å².